The zero-order valence-corrected chi connectivity index (χ0v) is 16.6. The molecule has 1 aliphatic carbocycles. The van der Waals surface area contributed by atoms with Crippen LogP contribution >= 0.6 is 0 Å². The number of fused-ring (bicyclic) bond motifs is 1. The molecular formula is C22H32N4O2. The number of benzene rings is 1. The Morgan fingerprint density at radius 3 is 2.54 bits per heavy atom. The number of carbonyl (C=O) groups is 2. The number of carbonyl (C=O) groups excluding carboxylic acids is 2. The van der Waals surface area contributed by atoms with Crippen molar-refractivity contribution in [2.45, 2.75) is 50.7 Å². The van der Waals surface area contributed by atoms with Crippen LogP contribution in [0.4, 0.5) is 0 Å². The van der Waals surface area contributed by atoms with Crippen LogP contribution in [0.3, 0.4) is 0 Å². The van der Waals surface area contributed by atoms with Crippen LogP contribution in [0.15, 0.2) is 30.3 Å². The van der Waals surface area contributed by atoms with E-state index >= 15 is 0 Å². The molecule has 2 amide bonds. The molecule has 28 heavy (non-hydrogen) atoms. The lowest BCUT2D eigenvalue weighted by atomic mass is 9.85. The Morgan fingerprint density at radius 1 is 1.04 bits per heavy atom. The largest absolute Gasteiger partial charge is 0.346 e. The SMILES string of the molecule is O=C(NCC(=O)N1CCN(Cc2ccccc2)CC1)C1CC2CCCCC2N1. The second-order valence-corrected chi connectivity index (χ2v) is 8.47. The van der Waals surface area contributed by atoms with Gasteiger partial charge in [-0.15, -0.1) is 0 Å². The molecule has 1 aromatic carbocycles. The Morgan fingerprint density at radius 2 is 1.79 bits per heavy atom. The first kappa shape index (κ1) is 19.4. The van der Waals surface area contributed by atoms with E-state index < -0.39 is 0 Å². The molecule has 2 aliphatic heterocycles. The Kier molecular flexibility index (Phi) is 6.27. The van der Waals surface area contributed by atoms with Crippen LogP contribution in [0, 0.1) is 5.92 Å². The highest BCUT2D eigenvalue weighted by Gasteiger charge is 2.38. The van der Waals surface area contributed by atoms with Crippen molar-refractivity contribution in [3.63, 3.8) is 0 Å². The van der Waals surface area contributed by atoms with Crippen molar-refractivity contribution in [3.05, 3.63) is 35.9 Å². The first-order valence-electron chi connectivity index (χ1n) is 10.8. The van der Waals surface area contributed by atoms with Gasteiger partial charge in [-0.2, -0.15) is 0 Å². The van der Waals surface area contributed by atoms with E-state index in [4.69, 9.17) is 0 Å². The molecule has 3 fully saturated rings. The minimum Gasteiger partial charge on any atom is -0.346 e. The van der Waals surface area contributed by atoms with E-state index in [0.29, 0.717) is 12.0 Å². The quantitative estimate of drug-likeness (QED) is 0.805. The number of hydrogen-bond donors (Lipinski definition) is 2. The topological polar surface area (TPSA) is 64.7 Å². The minimum absolute atomic E-state index is 0.00883. The summed E-state index contributed by atoms with van der Waals surface area (Å²) < 4.78 is 0. The molecular weight excluding hydrogens is 352 g/mol. The predicted octanol–water partition coefficient (Wildman–Crippen LogP) is 1.37. The molecule has 6 heteroatoms. The van der Waals surface area contributed by atoms with Crippen LogP contribution in [-0.4, -0.2) is 66.4 Å². The Bertz CT molecular complexity index is 658. The molecule has 4 rings (SSSR count). The number of nitrogens with zero attached hydrogens (tertiary/aromatic N) is 2. The third-order valence-electron chi connectivity index (χ3n) is 6.57. The van der Waals surface area contributed by atoms with Gasteiger partial charge in [0.2, 0.25) is 11.8 Å². The summed E-state index contributed by atoms with van der Waals surface area (Å²) in [7, 11) is 0. The van der Waals surface area contributed by atoms with E-state index in [9.17, 15) is 9.59 Å². The molecule has 152 valence electrons. The molecule has 0 spiro atoms. The van der Waals surface area contributed by atoms with Crippen molar-refractivity contribution < 1.29 is 9.59 Å². The van der Waals surface area contributed by atoms with Crippen molar-refractivity contribution in [2.24, 2.45) is 5.92 Å². The van der Waals surface area contributed by atoms with E-state index in [0.717, 1.165) is 39.1 Å². The lowest BCUT2D eigenvalue weighted by Crippen LogP contribution is -2.52. The normalized spacial score (nSPS) is 28.0. The zero-order chi connectivity index (χ0) is 19.3. The maximum absolute atomic E-state index is 12.5. The van der Waals surface area contributed by atoms with E-state index in [-0.39, 0.29) is 24.4 Å². The number of hydrogen-bond acceptors (Lipinski definition) is 4. The molecule has 6 nitrogen and oxygen atoms in total. The maximum Gasteiger partial charge on any atom is 0.242 e. The Hall–Kier alpha value is -1.92. The lowest BCUT2D eigenvalue weighted by Gasteiger charge is -2.34. The molecule has 3 atom stereocenters. The van der Waals surface area contributed by atoms with E-state index in [1.54, 1.807) is 0 Å². The molecule has 1 aromatic rings. The second kappa shape index (κ2) is 9.05. The first-order chi connectivity index (χ1) is 13.7. The molecule has 3 aliphatic rings. The summed E-state index contributed by atoms with van der Waals surface area (Å²) >= 11 is 0. The summed E-state index contributed by atoms with van der Waals surface area (Å²) in [6.45, 7) is 4.26. The fourth-order valence-electron chi connectivity index (χ4n) is 4.92. The Labute approximate surface area is 167 Å². The van der Waals surface area contributed by atoms with Gasteiger partial charge in [-0.05, 0) is 30.7 Å². The lowest BCUT2D eigenvalue weighted by molar-refractivity contribution is -0.134. The highest BCUT2D eigenvalue weighted by atomic mass is 16.2. The van der Waals surface area contributed by atoms with E-state index in [1.807, 2.05) is 11.0 Å². The molecule has 2 heterocycles. The fraction of sp³-hybridized carbons (Fsp3) is 0.636. The summed E-state index contributed by atoms with van der Waals surface area (Å²) in [5.74, 6) is 0.659. The molecule has 2 saturated heterocycles. The zero-order valence-electron chi connectivity index (χ0n) is 16.6. The number of amides is 2. The average Bonchev–Trinajstić information content (AvgIpc) is 3.17. The molecule has 3 unspecified atom stereocenters. The number of nitrogens with one attached hydrogen (secondary N) is 2. The van der Waals surface area contributed by atoms with E-state index in [2.05, 4.69) is 39.8 Å². The highest BCUT2D eigenvalue weighted by molar-refractivity contribution is 5.87. The third kappa shape index (κ3) is 4.73. The molecule has 0 bridgehead atoms. The maximum atomic E-state index is 12.5. The van der Waals surface area contributed by atoms with Gasteiger partial charge in [0.1, 0.15) is 0 Å². The molecule has 2 N–H and O–H groups in total. The average molecular weight is 385 g/mol. The van der Waals surface area contributed by atoms with Crippen molar-refractivity contribution in [3.8, 4) is 0 Å². The van der Waals surface area contributed by atoms with Gasteiger partial charge >= 0.3 is 0 Å². The minimum atomic E-state index is -0.122. The smallest absolute Gasteiger partial charge is 0.242 e. The standard InChI is InChI=1S/C22H32N4O2/c27-21(15-23-22(28)20-14-18-8-4-5-9-19(18)24-20)26-12-10-25(11-13-26)16-17-6-2-1-3-7-17/h1-3,6-7,18-20,24H,4-5,8-16H2,(H,23,28). The summed E-state index contributed by atoms with van der Waals surface area (Å²) in [4.78, 5) is 29.2. The van der Waals surface area contributed by atoms with Gasteiger partial charge in [0.25, 0.3) is 0 Å². The van der Waals surface area contributed by atoms with Gasteiger partial charge in [-0.3, -0.25) is 14.5 Å². The van der Waals surface area contributed by atoms with Crippen LogP contribution in [0.1, 0.15) is 37.7 Å². The first-order valence-corrected chi connectivity index (χ1v) is 10.8. The summed E-state index contributed by atoms with van der Waals surface area (Å²) in [5, 5.41) is 6.36. The van der Waals surface area contributed by atoms with Gasteiger partial charge in [-0.1, -0.05) is 43.2 Å². The van der Waals surface area contributed by atoms with Crippen molar-refractivity contribution in [1.29, 1.82) is 0 Å². The van der Waals surface area contributed by atoms with Gasteiger partial charge < -0.3 is 15.5 Å². The van der Waals surface area contributed by atoms with Crippen LogP contribution in [0.25, 0.3) is 0 Å². The fourth-order valence-corrected chi connectivity index (χ4v) is 4.92. The summed E-state index contributed by atoms with van der Waals surface area (Å²) in [6, 6.07) is 10.8. The number of rotatable bonds is 5. The second-order valence-electron chi connectivity index (χ2n) is 8.47. The number of piperazine rings is 1. The van der Waals surface area contributed by atoms with Crippen molar-refractivity contribution >= 4 is 11.8 Å². The molecule has 1 saturated carbocycles. The van der Waals surface area contributed by atoms with Crippen molar-refractivity contribution in [2.75, 3.05) is 32.7 Å². The summed E-state index contributed by atoms with van der Waals surface area (Å²) in [5.41, 5.74) is 1.30. The van der Waals surface area contributed by atoms with Gasteiger partial charge in [0, 0.05) is 38.8 Å². The van der Waals surface area contributed by atoms with Crippen LogP contribution < -0.4 is 10.6 Å². The monoisotopic (exact) mass is 384 g/mol. The molecule has 0 radical (unpaired) electrons. The van der Waals surface area contributed by atoms with Crippen LogP contribution in [0.2, 0.25) is 0 Å². The predicted molar refractivity (Wildman–Crippen MR) is 109 cm³/mol. The van der Waals surface area contributed by atoms with Gasteiger partial charge in [0.05, 0.1) is 12.6 Å². The van der Waals surface area contributed by atoms with Crippen LogP contribution in [0.5, 0.6) is 0 Å². The van der Waals surface area contributed by atoms with Crippen LogP contribution in [-0.2, 0) is 16.1 Å². The van der Waals surface area contributed by atoms with Gasteiger partial charge in [0.15, 0.2) is 0 Å². The van der Waals surface area contributed by atoms with Crippen molar-refractivity contribution in [1.82, 2.24) is 20.4 Å². The van der Waals surface area contributed by atoms with Gasteiger partial charge in [-0.25, -0.2) is 0 Å². The Balaban J connectivity index is 1.17. The molecule has 0 aromatic heterocycles. The summed E-state index contributed by atoms with van der Waals surface area (Å²) in [6.07, 6.45) is 5.88. The van der Waals surface area contributed by atoms with E-state index in [1.165, 1.54) is 31.2 Å². The highest BCUT2D eigenvalue weighted by Crippen LogP contribution is 2.33. The third-order valence-corrected chi connectivity index (χ3v) is 6.57.